The second kappa shape index (κ2) is 8.00. The molecule has 0 radical (unpaired) electrons. The fraction of sp³-hybridized carbons (Fsp3) is 0.292. The average Bonchev–Trinajstić information content (AvgIpc) is 3.06. The number of amides is 1. The number of aliphatic hydroxyl groups is 1. The Morgan fingerprint density at radius 2 is 1.81 bits per heavy atom. The lowest BCUT2D eigenvalue weighted by Gasteiger charge is -2.23. The summed E-state index contributed by atoms with van der Waals surface area (Å²) in [5, 5.41) is 24.9. The minimum atomic E-state index is -1.10. The molecule has 7 nitrogen and oxygen atoms in total. The van der Waals surface area contributed by atoms with E-state index in [0.29, 0.717) is 30.0 Å². The maximum Gasteiger partial charge on any atom is 0.409 e. The summed E-state index contributed by atoms with van der Waals surface area (Å²) in [5.74, 6) is 0.635. The molecule has 1 aliphatic rings. The third kappa shape index (κ3) is 4.67. The minimum absolute atomic E-state index is 0.212. The molecular formula is C24H26N4O3. The number of carbonyl (C=O) groups is 1. The predicted octanol–water partition coefficient (Wildman–Crippen LogP) is 4.73. The summed E-state index contributed by atoms with van der Waals surface area (Å²) < 4.78 is 0. The van der Waals surface area contributed by atoms with Crippen molar-refractivity contribution in [2.45, 2.75) is 45.1 Å². The Balaban J connectivity index is 1.62. The van der Waals surface area contributed by atoms with Crippen LogP contribution in [0.25, 0.3) is 11.3 Å². The van der Waals surface area contributed by atoms with Gasteiger partial charge in [0.05, 0.1) is 11.8 Å². The maximum atomic E-state index is 11.3. The topological polar surface area (TPSA) is 107 Å². The molecule has 0 bridgehead atoms. The molecule has 0 saturated carbocycles. The van der Waals surface area contributed by atoms with Crippen LogP contribution in [0.15, 0.2) is 48.8 Å². The molecule has 160 valence electrons. The number of nitrogens with one attached hydrogen (secondary N) is 2. The number of carboxylic acid groups (broad SMARTS) is 1. The van der Waals surface area contributed by atoms with E-state index >= 15 is 0 Å². The molecule has 1 unspecified atom stereocenters. The van der Waals surface area contributed by atoms with Gasteiger partial charge < -0.3 is 15.5 Å². The van der Waals surface area contributed by atoms with Gasteiger partial charge in [0.15, 0.2) is 0 Å². The number of fused-ring (bicyclic) bond motifs is 1. The van der Waals surface area contributed by atoms with Crippen LogP contribution in [0, 0.1) is 0 Å². The molecule has 0 fully saturated rings. The molecule has 0 aliphatic heterocycles. The second-order valence-corrected chi connectivity index (χ2v) is 8.90. The van der Waals surface area contributed by atoms with Crippen molar-refractivity contribution in [2.75, 3.05) is 10.6 Å². The van der Waals surface area contributed by atoms with Crippen LogP contribution in [0.4, 0.5) is 22.0 Å². The fourth-order valence-electron chi connectivity index (χ4n) is 3.98. The summed E-state index contributed by atoms with van der Waals surface area (Å²) in [6, 6.07) is 13.6. The van der Waals surface area contributed by atoms with E-state index in [4.69, 9.17) is 0 Å². The standard InChI is InChI=1S/C24H26N4O3/c1-24(2,3)19-7-5-15(11-21(19)28-23(30)31)20-12-22(26-13-25-20)27-17-6-4-14-9-18(29)10-16(14)8-17/h4-8,11-13,18,28-29H,9-10H2,1-3H3,(H,30,31)(H,25,26,27). The predicted molar refractivity (Wildman–Crippen MR) is 121 cm³/mol. The summed E-state index contributed by atoms with van der Waals surface area (Å²) in [4.78, 5) is 20.0. The quantitative estimate of drug-likeness (QED) is 0.488. The van der Waals surface area contributed by atoms with Gasteiger partial charge in [-0.15, -0.1) is 0 Å². The average molecular weight is 418 g/mol. The summed E-state index contributed by atoms with van der Waals surface area (Å²) in [7, 11) is 0. The molecular weight excluding hydrogens is 392 g/mol. The molecule has 3 aromatic rings. The van der Waals surface area contributed by atoms with Crippen molar-refractivity contribution in [3.8, 4) is 11.3 Å². The van der Waals surface area contributed by atoms with E-state index in [1.165, 1.54) is 11.9 Å². The summed E-state index contributed by atoms with van der Waals surface area (Å²) in [6.45, 7) is 6.12. The van der Waals surface area contributed by atoms with Gasteiger partial charge in [0.1, 0.15) is 12.1 Å². The van der Waals surface area contributed by atoms with Gasteiger partial charge in [0.25, 0.3) is 0 Å². The highest BCUT2D eigenvalue weighted by atomic mass is 16.4. The van der Waals surface area contributed by atoms with Crippen molar-refractivity contribution >= 4 is 23.3 Å². The first kappa shape index (κ1) is 20.8. The van der Waals surface area contributed by atoms with Crippen molar-refractivity contribution in [3.63, 3.8) is 0 Å². The van der Waals surface area contributed by atoms with Crippen molar-refractivity contribution in [1.29, 1.82) is 0 Å². The van der Waals surface area contributed by atoms with Gasteiger partial charge in [-0.1, -0.05) is 39.0 Å². The number of aromatic nitrogens is 2. The highest BCUT2D eigenvalue weighted by Gasteiger charge is 2.21. The molecule has 4 N–H and O–H groups in total. The van der Waals surface area contributed by atoms with Gasteiger partial charge in [-0.3, -0.25) is 5.32 Å². The van der Waals surface area contributed by atoms with Crippen LogP contribution in [-0.4, -0.2) is 32.4 Å². The lowest BCUT2D eigenvalue weighted by molar-refractivity contribution is 0.187. The Morgan fingerprint density at radius 1 is 1.03 bits per heavy atom. The van der Waals surface area contributed by atoms with E-state index in [1.807, 2.05) is 57.2 Å². The third-order valence-electron chi connectivity index (χ3n) is 5.42. The van der Waals surface area contributed by atoms with Gasteiger partial charge in [-0.25, -0.2) is 14.8 Å². The molecule has 4 rings (SSSR count). The van der Waals surface area contributed by atoms with Crippen LogP contribution in [0.1, 0.15) is 37.5 Å². The lowest BCUT2D eigenvalue weighted by atomic mass is 9.85. The van der Waals surface area contributed by atoms with Crippen molar-refractivity contribution < 1.29 is 15.0 Å². The molecule has 31 heavy (non-hydrogen) atoms. The first-order chi connectivity index (χ1) is 14.7. The molecule has 1 atom stereocenters. The van der Waals surface area contributed by atoms with Gasteiger partial charge in [-0.05, 0) is 53.1 Å². The van der Waals surface area contributed by atoms with Crippen molar-refractivity contribution in [1.82, 2.24) is 9.97 Å². The molecule has 1 heterocycles. The molecule has 0 saturated heterocycles. The number of aliphatic hydroxyl groups excluding tert-OH is 1. The largest absolute Gasteiger partial charge is 0.465 e. The number of benzene rings is 2. The molecule has 0 spiro atoms. The first-order valence-electron chi connectivity index (χ1n) is 10.2. The first-order valence-corrected chi connectivity index (χ1v) is 10.2. The van der Waals surface area contributed by atoms with Crippen LogP contribution >= 0.6 is 0 Å². The fourth-order valence-corrected chi connectivity index (χ4v) is 3.98. The van der Waals surface area contributed by atoms with E-state index in [2.05, 4.69) is 20.6 Å². The number of nitrogens with zero attached hydrogens (tertiary/aromatic N) is 2. The summed E-state index contributed by atoms with van der Waals surface area (Å²) in [6.07, 6.45) is 1.44. The highest BCUT2D eigenvalue weighted by molar-refractivity contribution is 5.86. The minimum Gasteiger partial charge on any atom is -0.465 e. The van der Waals surface area contributed by atoms with Gasteiger partial charge in [0.2, 0.25) is 0 Å². The molecule has 1 amide bonds. The van der Waals surface area contributed by atoms with Crippen LogP contribution in [0.5, 0.6) is 0 Å². The van der Waals surface area contributed by atoms with Gasteiger partial charge in [-0.2, -0.15) is 0 Å². The van der Waals surface area contributed by atoms with E-state index in [9.17, 15) is 15.0 Å². The Kier molecular flexibility index (Phi) is 5.37. The van der Waals surface area contributed by atoms with E-state index < -0.39 is 6.09 Å². The maximum absolute atomic E-state index is 11.3. The van der Waals surface area contributed by atoms with Gasteiger partial charge >= 0.3 is 6.09 Å². The zero-order valence-electron chi connectivity index (χ0n) is 17.8. The lowest BCUT2D eigenvalue weighted by Crippen LogP contribution is -2.17. The Hall–Kier alpha value is -3.45. The second-order valence-electron chi connectivity index (χ2n) is 8.90. The van der Waals surface area contributed by atoms with E-state index in [0.717, 1.165) is 22.4 Å². The highest BCUT2D eigenvalue weighted by Crippen LogP contribution is 2.33. The normalized spacial score (nSPS) is 15.4. The van der Waals surface area contributed by atoms with Gasteiger partial charge in [0, 0.05) is 23.0 Å². The molecule has 7 heteroatoms. The summed E-state index contributed by atoms with van der Waals surface area (Å²) in [5.41, 5.74) is 5.94. The van der Waals surface area contributed by atoms with Crippen LogP contribution in [0.2, 0.25) is 0 Å². The van der Waals surface area contributed by atoms with Crippen molar-refractivity contribution in [3.05, 3.63) is 65.5 Å². The number of hydrogen-bond acceptors (Lipinski definition) is 5. The van der Waals surface area contributed by atoms with Crippen molar-refractivity contribution in [2.24, 2.45) is 0 Å². The summed E-state index contributed by atoms with van der Waals surface area (Å²) >= 11 is 0. The van der Waals surface area contributed by atoms with Crippen LogP contribution in [0.3, 0.4) is 0 Å². The zero-order chi connectivity index (χ0) is 22.2. The van der Waals surface area contributed by atoms with E-state index in [1.54, 1.807) is 6.07 Å². The third-order valence-corrected chi connectivity index (χ3v) is 5.42. The van der Waals surface area contributed by atoms with E-state index in [-0.39, 0.29) is 11.5 Å². The molecule has 2 aromatic carbocycles. The van der Waals surface area contributed by atoms with Crippen LogP contribution in [-0.2, 0) is 18.3 Å². The number of rotatable bonds is 4. The zero-order valence-corrected chi connectivity index (χ0v) is 17.8. The Morgan fingerprint density at radius 3 is 2.55 bits per heavy atom. The monoisotopic (exact) mass is 418 g/mol. The number of anilines is 3. The molecule has 1 aliphatic carbocycles. The Labute approximate surface area is 181 Å². The Bertz CT molecular complexity index is 1140. The smallest absolute Gasteiger partial charge is 0.409 e. The SMILES string of the molecule is CC(C)(C)c1ccc(-c2cc(Nc3ccc4c(c3)CC(O)C4)ncn2)cc1NC(=O)O. The molecule has 1 aromatic heterocycles. The van der Waals surface area contributed by atoms with Crippen LogP contribution < -0.4 is 10.6 Å². The number of hydrogen-bond donors (Lipinski definition) is 4.